The summed E-state index contributed by atoms with van der Waals surface area (Å²) in [5.74, 6) is 0.906. The molecule has 0 unspecified atom stereocenters. The van der Waals surface area contributed by atoms with Crippen molar-refractivity contribution in [3.05, 3.63) is 60.0 Å². The SMILES string of the molecule is CCCN1C(=O)S/C(=C/c2cc(I)c(OCc3ccc(Cl)c(Cl)c3)c(OCC)c2)C1=O. The fourth-order valence-electron chi connectivity index (χ4n) is 2.93. The van der Waals surface area contributed by atoms with E-state index in [1.807, 2.05) is 32.0 Å². The summed E-state index contributed by atoms with van der Waals surface area (Å²) in [6.45, 7) is 4.99. The van der Waals surface area contributed by atoms with E-state index < -0.39 is 0 Å². The molecule has 3 rings (SSSR count). The van der Waals surface area contributed by atoms with Gasteiger partial charge in [0.15, 0.2) is 11.5 Å². The lowest BCUT2D eigenvalue weighted by Crippen LogP contribution is -2.28. The van der Waals surface area contributed by atoms with Crippen LogP contribution in [-0.2, 0) is 11.4 Å². The number of nitrogens with zero attached hydrogens (tertiary/aromatic N) is 1. The molecule has 0 atom stereocenters. The minimum Gasteiger partial charge on any atom is -0.490 e. The molecule has 1 heterocycles. The van der Waals surface area contributed by atoms with E-state index in [1.54, 1.807) is 18.2 Å². The first kappa shape index (κ1) is 24.2. The van der Waals surface area contributed by atoms with Gasteiger partial charge in [0, 0.05) is 6.54 Å². The normalized spacial score (nSPS) is 15.1. The maximum Gasteiger partial charge on any atom is 0.293 e. The monoisotopic (exact) mass is 591 g/mol. The Kier molecular flexibility index (Phi) is 8.55. The van der Waals surface area contributed by atoms with Crippen LogP contribution in [0, 0.1) is 3.57 Å². The Bertz CT molecular complexity index is 1040. The average molecular weight is 592 g/mol. The van der Waals surface area contributed by atoms with E-state index in [2.05, 4.69) is 22.6 Å². The van der Waals surface area contributed by atoms with Crippen LogP contribution in [-0.4, -0.2) is 29.2 Å². The van der Waals surface area contributed by atoms with Gasteiger partial charge >= 0.3 is 0 Å². The van der Waals surface area contributed by atoms with Crippen LogP contribution in [0.1, 0.15) is 31.4 Å². The number of amides is 2. The molecule has 1 aliphatic rings. The first-order valence-corrected chi connectivity index (χ1v) is 12.3. The molecule has 2 aromatic rings. The Morgan fingerprint density at radius 1 is 1.10 bits per heavy atom. The molecule has 9 heteroatoms. The Balaban J connectivity index is 1.85. The molecular weight excluding hydrogens is 572 g/mol. The molecule has 0 aliphatic carbocycles. The van der Waals surface area contributed by atoms with Crippen molar-refractivity contribution in [3.63, 3.8) is 0 Å². The van der Waals surface area contributed by atoms with Crippen LogP contribution >= 0.6 is 57.6 Å². The molecule has 2 amide bonds. The second-order valence-corrected chi connectivity index (χ2v) is 9.60. The van der Waals surface area contributed by atoms with Crippen molar-refractivity contribution in [1.82, 2.24) is 4.90 Å². The van der Waals surface area contributed by atoms with E-state index in [0.717, 1.165) is 32.9 Å². The van der Waals surface area contributed by atoms with Crippen molar-refractivity contribution in [3.8, 4) is 11.5 Å². The van der Waals surface area contributed by atoms with Crippen molar-refractivity contribution >= 4 is 74.8 Å². The molecule has 31 heavy (non-hydrogen) atoms. The maximum atomic E-state index is 12.5. The van der Waals surface area contributed by atoms with Crippen molar-refractivity contribution in [2.24, 2.45) is 0 Å². The van der Waals surface area contributed by atoms with Crippen LogP contribution in [0.2, 0.25) is 10.0 Å². The topological polar surface area (TPSA) is 55.8 Å². The summed E-state index contributed by atoms with van der Waals surface area (Å²) in [5, 5.41) is 0.719. The van der Waals surface area contributed by atoms with Crippen LogP contribution < -0.4 is 9.47 Å². The van der Waals surface area contributed by atoms with Gasteiger partial charge in [-0.15, -0.1) is 0 Å². The number of thioether (sulfide) groups is 1. The van der Waals surface area contributed by atoms with Gasteiger partial charge in [-0.3, -0.25) is 14.5 Å². The number of imide groups is 1. The fraction of sp³-hybridized carbons (Fsp3) is 0.273. The quantitative estimate of drug-likeness (QED) is 0.244. The van der Waals surface area contributed by atoms with Crippen molar-refractivity contribution in [2.45, 2.75) is 26.9 Å². The van der Waals surface area contributed by atoms with Crippen molar-refractivity contribution < 1.29 is 19.1 Å². The Hall–Kier alpha value is -1.42. The summed E-state index contributed by atoms with van der Waals surface area (Å²) in [7, 11) is 0. The lowest BCUT2D eigenvalue weighted by atomic mass is 10.1. The summed E-state index contributed by atoms with van der Waals surface area (Å²) < 4.78 is 12.6. The van der Waals surface area contributed by atoms with Crippen LogP contribution in [0.25, 0.3) is 6.08 Å². The molecule has 0 saturated carbocycles. The molecule has 164 valence electrons. The third-order valence-electron chi connectivity index (χ3n) is 4.32. The van der Waals surface area contributed by atoms with Crippen LogP contribution in [0.15, 0.2) is 35.2 Å². The first-order valence-electron chi connectivity index (χ1n) is 9.62. The maximum absolute atomic E-state index is 12.5. The molecule has 1 fully saturated rings. The van der Waals surface area contributed by atoms with Gasteiger partial charge in [0.1, 0.15) is 6.61 Å². The zero-order valence-electron chi connectivity index (χ0n) is 16.9. The highest BCUT2D eigenvalue weighted by atomic mass is 127. The van der Waals surface area contributed by atoms with Crippen LogP contribution in [0.3, 0.4) is 0 Å². The lowest BCUT2D eigenvalue weighted by molar-refractivity contribution is -0.122. The number of carbonyl (C=O) groups is 2. The van der Waals surface area contributed by atoms with Gasteiger partial charge in [0.05, 0.1) is 25.1 Å². The average Bonchev–Trinajstić information content (AvgIpc) is 2.98. The first-order chi connectivity index (χ1) is 14.8. The van der Waals surface area contributed by atoms with Gasteiger partial charge in [-0.05, 0) is 89.2 Å². The van der Waals surface area contributed by atoms with Gasteiger partial charge in [-0.2, -0.15) is 0 Å². The zero-order chi connectivity index (χ0) is 22.5. The number of halogens is 3. The molecule has 1 aliphatic heterocycles. The fourth-order valence-corrected chi connectivity index (χ4v) is 4.89. The van der Waals surface area contributed by atoms with Gasteiger partial charge in [0.25, 0.3) is 11.1 Å². The van der Waals surface area contributed by atoms with E-state index in [-0.39, 0.29) is 11.1 Å². The molecule has 0 aromatic heterocycles. The molecule has 0 spiro atoms. The number of carbonyl (C=O) groups excluding carboxylic acids is 2. The standard InChI is InChI=1S/C22H20Cl2INO4S/c1-3-7-26-21(27)19(31-22(26)28)11-14-9-17(25)20(18(10-14)29-4-2)30-12-13-5-6-15(23)16(24)8-13/h5-6,8-11H,3-4,7,12H2,1-2H3/b19-11+. The summed E-state index contributed by atoms with van der Waals surface area (Å²) >= 11 is 15.2. The summed E-state index contributed by atoms with van der Waals surface area (Å²) in [6.07, 6.45) is 2.44. The largest absolute Gasteiger partial charge is 0.490 e. The van der Waals surface area contributed by atoms with Crippen LogP contribution in [0.5, 0.6) is 11.5 Å². The van der Waals surface area contributed by atoms with Gasteiger partial charge < -0.3 is 9.47 Å². The van der Waals surface area contributed by atoms with E-state index in [4.69, 9.17) is 32.7 Å². The van der Waals surface area contributed by atoms with Crippen molar-refractivity contribution in [1.29, 1.82) is 0 Å². The van der Waals surface area contributed by atoms with E-state index in [0.29, 0.717) is 46.2 Å². The Morgan fingerprint density at radius 2 is 1.87 bits per heavy atom. The third-order valence-corrected chi connectivity index (χ3v) is 6.77. The lowest BCUT2D eigenvalue weighted by Gasteiger charge is -2.15. The predicted molar refractivity (Wildman–Crippen MR) is 134 cm³/mol. The third kappa shape index (κ3) is 5.88. The molecule has 0 N–H and O–H groups in total. The minimum absolute atomic E-state index is 0.237. The van der Waals surface area contributed by atoms with Gasteiger partial charge in [-0.1, -0.05) is 36.2 Å². The Morgan fingerprint density at radius 3 is 2.55 bits per heavy atom. The number of ether oxygens (including phenoxy) is 2. The molecule has 0 bridgehead atoms. The number of benzene rings is 2. The van der Waals surface area contributed by atoms with E-state index in [9.17, 15) is 9.59 Å². The summed E-state index contributed by atoms with van der Waals surface area (Å²) in [4.78, 5) is 26.3. The molecule has 0 radical (unpaired) electrons. The highest BCUT2D eigenvalue weighted by Gasteiger charge is 2.34. The highest BCUT2D eigenvalue weighted by molar-refractivity contribution is 14.1. The molecular formula is C22H20Cl2INO4S. The predicted octanol–water partition coefficient (Wildman–Crippen LogP) is 7.02. The zero-order valence-corrected chi connectivity index (χ0v) is 21.4. The van der Waals surface area contributed by atoms with Gasteiger partial charge in [-0.25, -0.2) is 0 Å². The molecule has 1 saturated heterocycles. The molecule has 5 nitrogen and oxygen atoms in total. The number of rotatable bonds is 8. The summed E-state index contributed by atoms with van der Waals surface area (Å²) in [6, 6.07) is 9.04. The molecule has 2 aromatic carbocycles. The second kappa shape index (κ2) is 10.9. The number of hydrogen-bond acceptors (Lipinski definition) is 5. The van der Waals surface area contributed by atoms with Crippen LogP contribution in [0.4, 0.5) is 4.79 Å². The number of hydrogen-bond donors (Lipinski definition) is 0. The van der Waals surface area contributed by atoms with Crippen molar-refractivity contribution in [2.75, 3.05) is 13.2 Å². The second-order valence-electron chi connectivity index (χ2n) is 6.63. The van der Waals surface area contributed by atoms with E-state index >= 15 is 0 Å². The summed E-state index contributed by atoms with van der Waals surface area (Å²) in [5.41, 5.74) is 1.64. The Labute approximate surface area is 209 Å². The minimum atomic E-state index is -0.259. The smallest absolute Gasteiger partial charge is 0.293 e. The van der Waals surface area contributed by atoms with E-state index in [1.165, 1.54) is 4.90 Å². The van der Waals surface area contributed by atoms with Gasteiger partial charge in [0.2, 0.25) is 0 Å². The highest BCUT2D eigenvalue weighted by Crippen LogP contribution is 2.38.